The summed E-state index contributed by atoms with van der Waals surface area (Å²) in [5.74, 6) is 3.22. The first-order valence-corrected chi connectivity index (χ1v) is 11.1. The molecule has 1 aromatic carbocycles. The van der Waals surface area contributed by atoms with E-state index in [1.165, 1.54) is 45.9 Å². The first kappa shape index (κ1) is 17.8. The smallest absolute Gasteiger partial charge is 0.216 e. The SMILES string of the molecule is COc1ncccc1CCc1c(CCN2CCSC2)sc2ccccc12. The van der Waals surface area contributed by atoms with Crippen LogP contribution in [0.5, 0.6) is 5.88 Å². The summed E-state index contributed by atoms with van der Waals surface area (Å²) in [4.78, 5) is 8.46. The molecule has 0 saturated carbocycles. The first-order chi connectivity index (χ1) is 12.8. The van der Waals surface area contributed by atoms with E-state index in [0.29, 0.717) is 0 Å². The molecule has 136 valence electrons. The van der Waals surface area contributed by atoms with Gasteiger partial charge >= 0.3 is 0 Å². The highest BCUT2D eigenvalue weighted by atomic mass is 32.2. The fourth-order valence-corrected chi connectivity index (χ4v) is 5.85. The molecule has 0 amide bonds. The van der Waals surface area contributed by atoms with Crippen LogP contribution in [-0.2, 0) is 19.3 Å². The predicted molar refractivity (Wildman–Crippen MR) is 113 cm³/mol. The molecule has 0 atom stereocenters. The molecular formula is C21H24N2OS2. The number of hydrogen-bond acceptors (Lipinski definition) is 5. The molecule has 1 fully saturated rings. The zero-order valence-corrected chi connectivity index (χ0v) is 16.7. The van der Waals surface area contributed by atoms with Gasteiger partial charge in [0, 0.05) is 46.1 Å². The summed E-state index contributed by atoms with van der Waals surface area (Å²) < 4.78 is 6.84. The van der Waals surface area contributed by atoms with Gasteiger partial charge in [-0.05, 0) is 42.3 Å². The van der Waals surface area contributed by atoms with Crippen LogP contribution in [0.15, 0.2) is 42.6 Å². The van der Waals surface area contributed by atoms with Crippen LogP contribution in [-0.4, -0.2) is 41.7 Å². The second-order valence-electron chi connectivity index (χ2n) is 6.58. The Morgan fingerprint density at radius 1 is 1.12 bits per heavy atom. The van der Waals surface area contributed by atoms with Gasteiger partial charge in [-0.3, -0.25) is 4.90 Å². The molecule has 1 saturated heterocycles. The number of methoxy groups -OCH3 is 1. The minimum absolute atomic E-state index is 0.752. The van der Waals surface area contributed by atoms with Crippen LogP contribution in [0.2, 0.25) is 0 Å². The first-order valence-electron chi connectivity index (χ1n) is 9.12. The number of aryl methyl sites for hydroxylation is 2. The number of aromatic nitrogens is 1. The Morgan fingerprint density at radius 3 is 2.88 bits per heavy atom. The molecule has 1 aliphatic heterocycles. The van der Waals surface area contributed by atoms with Crippen molar-refractivity contribution < 1.29 is 4.74 Å². The molecule has 0 aliphatic carbocycles. The highest BCUT2D eigenvalue weighted by molar-refractivity contribution is 7.99. The Bertz CT molecular complexity index is 871. The van der Waals surface area contributed by atoms with Crippen LogP contribution in [0.3, 0.4) is 0 Å². The summed E-state index contributed by atoms with van der Waals surface area (Å²) in [6, 6.07) is 13.0. The van der Waals surface area contributed by atoms with E-state index >= 15 is 0 Å². The lowest BCUT2D eigenvalue weighted by atomic mass is 10.0. The van der Waals surface area contributed by atoms with Gasteiger partial charge in [0.1, 0.15) is 0 Å². The van der Waals surface area contributed by atoms with Crippen molar-refractivity contribution >= 4 is 33.2 Å². The minimum atomic E-state index is 0.752. The number of benzene rings is 1. The molecule has 0 unspecified atom stereocenters. The van der Waals surface area contributed by atoms with Gasteiger partial charge in [-0.1, -0.05) is 24.3 Å². The molecule has 3 nitrogen and oxygen atoms in total. The van der Waals surface area contributed by atoms with Gasteiger partial charge in [-0.15, -0.1) is 23.1 Å². The quantitative estimate of drug-likeness (QED) is 0.593. The molecule has 1 aliphatic rings. The van der Waals surface area contributed by atoms with Crippen molar-refractivity contribution in [3.63, 3.8) is 0 Å². The molecule has 0 N–H and O–H groups in total. The van der Waals surface area contributed by atoms with E-state index < -0.39 is 0 Å². The van der Waals surface area contributed by atoms with E-state index in [1.54, 1.807) is 18.2 Å². The summed E-state index contributed by atoms with van der Waals surface area (Å²) >= 11 is 4.02. The van der Waals surface area contributed by atoms with E-state index in [0.717, 1.165) is 25.1 Å². The van der Waals surface area contributed by atoms with Crippen LogP contribution < -0.4 is 4.74 Å². The Labute approximate surface area is 163 Å². The van der Waals surface area contributed by atoms with Crippen LogP contribution in [0.25, 0.3) is 10.1 Å². The van der Waals surface area contributed by atoms with Crippen molar-refractivity contribution in [3.8, 4) is 5.88 Å². The number of hydrogen-bond donors (Lipinski definition) is 0. The number of pyridine rings is 1. The maximum absolute atomic E-state index is 5.43. The van der Waals surface area contributed by atoms with Gasteiger partial charge in [-0.25, -0.2) is 4.98 Å². The number of ether oxygens (including phenoxy) is 1. The molecular weight excluding hydrogens is 360 g/mol. The van der Waals surface area contributed by atoms with Crippen LogP contribution in [0, 0.1) is 0 Å². The second kappa shape index (κ2) is 8.42. The zero-order valence-electron chi connectivity index (χ0n) is 15.1. The Hall–Kier alpha value is -1.56. The van der Waals surface area contributed by atoms with Crippen molar-refractivity contribution in [2.75, 3.05) is 31.8 Å². The Morgan fingerprint density at radius 2 is 2.04 bits per heavy atom. The van der Waals surface area contributed by atoms with Crippen molar-refractivity contribution in [3.05, 3.63) is 58.6 Å². The van der Waals surface area contributed by atoms with Crippen LogP contribution >= 0.6 is 23.1 Å². The van der Waals surface area contributed by atoms with E-state index in [-0.39, 0.29) is 0 Å². The summed E-state index contributed by atoms with van der Waals surface area (Å²) in [6.07, 6.45) is 4.95. The van der Waals surface area contributed by atoms with Crippen molar-refractivity contribution in [1.29, 1.82) is 0 Å². The maximum Gasteiger partial charge on any atom is 0.216 e. The molecule has 5 heteroatoms. The number of nitrogens with zero attached hydrogens (tertiary/aromatic N) is 2. The number of thiophene rings is 1. The average Bonchev–Trinajstić information content (AvgIpc) is 3.32. The summed E-state index contributed by atoms with van der Waals surface area (Å²) in [6.45, 7) is 2.40. The maximum atomic E-state index is 5.43. The molecule has 3 heterocycles. The van der Waals surface area contributed by atoms with Gasteiger partial charge in [0.05, 0.1) is 7.11 Å². The summed E-state index contributed by atoms with van der Waals surface area (Å²) in [5, 5.41) is 1.42. The molecule has 26 heavy (non-hydrogen) atoms. The van der Waals surface area contributed by atoms with Gasteiger partial charge in [-0.2, -0.15) is 0 Å². The number of fused-ring (bicyclic) bond motifs is 1. The predicted octanol–water partition coefficient (Wildman–Crippen LogP) is 4.64. The Kier molecular flexibility index (Phi) is 5.78. The lowest BCUT2D eigenvalue weighted by molar-refractivity contribution is 0.361. The fraction of sp³-hybridized carbons (Fsp3) is 0.381. The van der Waals surface area contributed by atoms with Gasteiger partial charge in [0.2, 0.25) is 5.88 Å². The normalized spacial score (nSPS) is 15.0. The minimum Gasteiger partial charge on any atom is -0.481 e. The van der Waals surface area contributed by atoms with Crippen molar-refractivity contribution in [1.82, 2.24) is 9.88 Å². The van der Waals surface area contributed by atoms with Crippen LogP contribution in [0.4, 0.5) is 0 Å². The molecule has 0 bridgehead atoms. The Balaban J connectivity index is 1.56. The van der Waals surface area contributed by atoms with Crippen molar-refractivity contribution in [2.45, 2.75) is 19.3 Å². The van der Waals surface area contributed by atoms with E-state index in [4.69, 9.17) is 4.74 Å². The van der Waals surface area contributed by atoms with Gasteiger partial charge in [0.25, 0.3) is 0 Å². The third kappa shape index (κ3) is 3.90. The number of rotatable bonds is 7. The molecule has 0 spiro atoms. The topological polar surface area (TPSA) is 25.4 Å². The molecule has 2 aromatic heterocycles. The monoisotopic (exact) mass is 384 g/mol. The van der Waals surface area contributed by atoms with Crippen LogP contribution in [0.1, 0.15) is 16.0 Å². The highest BCUT2D eigenvalue weighted by Gasteiger charge is 2.16. The van der Waals surface area contributed by atoms with E-state index in [9.17, 15) is 0 Å². The molecule has 0 radical (unpaired) electrons. The average molecular weight is 385 g/mol. The lowest BCUT2D eigenvalue weighted by Crippen LogP contribution is -2.22. The zero-order chi connectivity index (χ0) is 17.8. The largest absolute Gasteiger partial charge is 0.481 e. The fourth-order valence-electron chi connectivity index (χ4n) is 3.57. The van der Waals surface area contributed by atoms with Gasteiger partial charge in [0.15, 0.2) is 0 Å². The highest BCUT2D eigenvalue weighted by Crippen LogP contribution is 2.33. The molecule has 3 aromatic rings. The third-order valence-electron chi connectivity index (χ3n) is 4.95. The summed E-state index contributed by atoms with van der Waals surface area (Å²) in [7, 11) is 1.70. The lowest BCUT2D eigenvalue weighted by Gasteiger charge is -2.14. The standard InChI is InChI=1S/C21H24N2OS2/c1-24-21-16(5-4-11-22-21)8-9-18-17-6-2-3-7-19(17)26-20(18)10-12-23-13-14-25-15-23/h2-7,11H,8-10,12-15H2,1H3. The van der Waals surface area contributed by atoms with Gasteiger partial charge < -0.3 is 4.74 Å². The van der Waals surface area contributed by atoms with Crippen molar-refractivity contribution in [2.24, 2.45) is 0 Å². The molecule has 4 rings (SSSR count). The van der Waals surface area contributed by atoms with E-state index in [1.807, 2.05) is 29.2 Å². The summed E-state index contributed by atoms with van der Waals surface area (Å²) in [5.41, 5.74) is 2.70. The van der Waals surface area contributed by atoms with E-state index in [2.05, 4.69) is 40.2 Å². The second-order valence-corrected chi connectivity index (χ2v) is 8.79. The third-order valence-corrected chi connectivity index (χ3v) is 7.24. The number of thioether (sulfide) groups is 1.